The van der Waals surface area contributed by atoms with Gasteiger partial charge in [0.25, 0.3) is 0 Å². The zero-order valence-corrected chi connectivity index (χ0v) is 4.84. The molecule has 8 heavy (non-hydrogen) atoms. The molecule has 0 fully saturated rings. The van der Waals surface area contributed by atoms with Crippen LogP contribution in [-0.2, 0) is 0 Å². The quantitative estimate of drug-likeness (QED) is 0.557. The van der Waals surface area contributed by atoms with E-state index in [0.717, 1.165) is 0 Å². The second kappa shape index (κ2) is 3.80. The Balaban J connectivity index is 3.29. The number of aliphatic hydroxyl groups excluding tert-OH is 2. The van der Waals surface area contributed by atoms with Crippen molar-refractivity contribution in [3.63, 3.8) is 0 Å². The molecule has 0 saturated heterocycles. The Bertz CT molecular complexity index is 50.4. The van der Waals surface area contributed by atoms with Gasteiger partial charge < -0.3 is 10.2 Å². The van der Waals surface area contributed by atoms with Gasteiger partial charge >= 0.3 is 0 Å². The van der Waals surface area contributed by atoms with Crippen LogP contribution in [0.2, 0.25) is 0 Å². The molecule has 2 N–H and O–H groups in total. The van der Waals surface area contributed by atoms with Gasteiger partial charge in [0, 0.05) is 0 Å². The fourth-order valence-corrected chi connectivity index (χ4v) is 0.375. The van der Waals surface area contributed by atoms with Gasteiger partial charge in [-0.05, 0) is 6.42 Å². The van der Waals surface area contributed by atoms with Crippen LogP contribution in [0.1, 0.15) is 13.3 Å². The van der Waals surface area contributed by atoms with Gasteiger partial charge in [0.05, 0.1) is 6.10 Å². The molecule has 0 aliphatic heterocycles. The van der Waals surface area contributed by atoms with Crippen molar-refractivity contribution in [3.05, 3.63) is 0 Å². The molecule has 0 saturated carbocycles. The molecule has 0 amide bonds. The number of alkyl halides is 1. The molecule has 2 atom stereocenters. The summed E-state index contributed by atoms with van der Waals surface area (Å²) in [4.78, 5) is 0. The van der Waals surface area contributed by atoms with E-state index in [1.807, 2.05) is 0 Å². The van der Waals surface area contributed by atoms with Gasteiger partial charge in [0.1, 0.15) is 12.8 Å². The maximum Gasteiger partial charge on any atom is 0.118 e. The fraction of sp³-hybridized carbons (Fsp3) is 1.00. The lowest BCUT2D eigenvalue weighted by Gasteiger charge is -2.10. The minimum Gasteiger partial charge on any atom is -0.390 e. The summed E-state index contributed by atoms with van der Waals surface area (Å²) >= 11 is 0. The highest BCUT2D eigenvalue weighted by atomic mass is 19.1. The molecule has 2 unspecified atom stereocenters. The van der Waals surface area contributed by atoms with E-state index in [0.29, 0.717) is 6.42 Å². The Kier molecular flexibility index (Phi) is 3.73. The molecule has 3 heteroatoms. The summed E-state index contributed by atoms with van der Waals surface area (Å²) in [7, 11) is 0. The van der Waals surface area contributed by atoms with E-state index in [-0.39, 0.29) is 0 Å². The van der Waals surface area contributed by atoms with Crippen LogP contribution in [0, 0.1) is 0 Å². The molecule has 0 radical (unpaired) electrons. The SMILES string of the molecule is CCC(O)C(O)CF. The predicted molar refractivity (Wildman–Crippen MR) is 28.3 cm³/mol. The predicted octanol–water partition coefficient (Wildman–Crippen LogP) is 0.0877. The highest BCUT2D eigenvalue weighted by Gasteiger charge is 2.12. The minimum atomic E-state index is -1.19. The van der Waals surface area contributed by atoms with Crippen molar-refractivity contribution in [2.45, 2.75) is 25.6 Å². The maximum atomic E-state index is 11.4. The zero-order chi connectivity index (χ0) is 6.57. The van der Waals surface area contributed by atoms with E-state index < -0.39 is 18.9 Å². The summed E-state index contributed by atoms with van der Waals surface area (Å²) in [6.07, 6.45) is -1.70. The van der Waals surface area contributed by atoms with Gasteiger partial charge in [-0.15, -0.1) is 0 Å². The first kappa shape index (κ1) is 7.85. The number of hydrogen-bond donors (Lipinski definition) is 2. The molecule has 0 aliphatic carbocycles. The number of rotatable bonds is 3. The summed E-state index contributed by atoms with van der Waals surface area (Å²) in [5.74, 6) is 0. The molecule has 0 heterocycles. The minimum absolute atomic E-state index is 0.394. The lowest BCUT2D eigenvalue weighted by molar-refractivity contribution is 0.00369. The fourth-order valence-electron chi connectivity index (χ4n) is 0.375. The van der Waals surface area contributed by atoms with Crippen LogP contribution < -0.4 is 0 Å². The van der Waals surface area contributed by atoms with Crippen LogP contribution >= 0.6 is 0 Å². The molecule has 0 rings (SSSR count). The first-order valence-corrected chi connectivity index (χ1v) is 2.64. The molecule has 2 nitrogen and oxygen atoms in total. The maximum absolute atomic E-state index is 11.4. The van der Waals surface area contributed by atoms with Crippen LogP contribution in [0.25, 0.3) is 0 Å². The van der Waals surface area contributed by atoms with Crippen LogP contribution in [0.15, 0.2) is 0 Å². The second-order valence-electron chi connectivity index (χ2n) is 1.70. The summed E-state index contributed by atoms with van der Waals surface area (Å²) < 4.78 is 11.4. The Labute approximate surface area is 48.0 Å². The van der Waals surface area contributed by atoms with E-state index in [4.69, 9.17) is 10.2 Å². The Hall–Kier alpha value is -0.150. The number of halogens is 1. The largest absolute Gasteiger partial charge is 0.390 e. The summed E-state index contributed by atoms with van der Waals surface area (Å²) in [5.41, 5.74) is 0. The molecule has 0 aliphatic rings. The van der Waals surface area contributed by atoms with Crippen molar-refractivity contribution in [3.8, 4) is 0 Å². The van der Waals surface area contributed by atoms with Crippen molar-refractivity contribution >= 4 is 0 Å². The Morgan fingerprint density at radius 2 is 1.88 bits per heavy atom. The van der Waals surface area contributed by atoms with E-state index >= 15 is 0 Å². The monoisotopic (exact) mass is 122 g/mol. The zero-order valence-electron chi connectivity index (χ0n) is 4.84. The molecule has 0 aromatic heterocycles. The Morgan fingerprint density at radius 1 is 1.38 bits per heavy atom. The highest BCUT2D eigenvalue weighted by molar-refractivity contribution is 4.62. The average Bonchev–Trinajstić information content (AvgIpc) is 1.84. The van der Waals surface area contributed by atoms with Crippen LogP contribution in [0.3, 0.4) is 0 Å². The molecule has 0 aromatic rings. The van der Waals surface area contributed by atoms with Crippen LogP contribution in [-0.4, -0.2) is 29.1 Å². The molecule has 0 spiro atoms. The molecule has 0 bridgehead atoms. The highest BCUT2D eigenvalue weighted by Crippen LogP contribution is 1.97. The van der Waals surface area contributed by atoms with Crippen molar-refractivity contribution in [1.82, 2.24) is 0 Å². The van der Waals surface area contributed by atoms with Crippen molar-refractivity contribution in [2.75, 3.05) is 6.67 Å². The van der Waals surface area contributed by atoms with Crippen molar-refractivity contribution in [2.24, 2.45) is 0 Å². The third-order valence-electron chi connectivity index (χ3n) is 1.02. The van der Waals surface area contributed by atoms with Gasteiger partial charge in [-0.2, -0.15) is 0 Å². The molecule has 0 aromatic carbocycles. The third kappa shape index (κ3) is 2.23. The van der Waals surface area contributed by atoms with Crippen molar-refractivity contribution in [1.29, 1.82) is 0 Å². The molecular formula is C5H11FO2. The third-order valence-corrected chi connectivity index (χ3v) is 1.02. The van der Waals surface area contributed by atoms with Gasteiger partial charge in [0.2, 0.25) is 0 Å². The van der Waals surface area contributed by atoms with Gasteiger partial charge in [-0.3, -0.25) is 0 Å². The lowest BCUT2D eigenvalue weighted by Crippen LogP contribution is -2.26. The van der Waals surface area contributed by atoms with E-state index in [2.05, 4.69) is 0 Å². The standard InChI is InChI=1S/C5H11FO2/c1-2-4(7)5(8)3-6/h4-5,7-8H,2-3H2,1H3. The number of hydrogen-bond acceptors (Lipinski definition) is 2. The average molecular weight is 122 g/mol. The number of aliphatic hydroxyl groups is 2. The smallest absolute Gasteiger partial charge is 0.118 e. The van der Waals surface area contributed by atoms with Crippen LogP contribution in [0.5, 0.6) is 0 Å². The lowest BCUT2D eigenvalue weighted by atomic mass is 10.2. The second-order valence-corrected chi connectivity index (χ2v) is 1.70. The molecular weight excluding hydrogens is 111 g/mol. The van der Waals surface area contributed by atoms with E-state index in [9.17, 15) is 4.39 Å². The normalized spacial score (nSPS) is 18.0. The van der Waals surface area contributed by atoms with E-state index in [1.165, 1.54) is 0 Å². The summed E-state index contributed by atoms with van der Waals surface area (Å²) in [5, 5.41) is 17.1. The van der Waals surface area contributed by atoms with Gasteiger partial charge in [-0.1, -0.05) is 6.92 Å². The van der Waals surface area contributed by atoms with Gasteiger partial charge in [0.15, 0.2) is 0 Å². The van der Waals surface area contributed by atoms with Crippen LogP contribution in [0.4, 0.5) is 4.39 Å². The summed E-state index contributed by atoms with van der Waals surface area (Å²) in [6, 6.07) is 0. The topological polar surface area (TPSA) is 40.5 Å². The van der Waals surface area contributed by atoms with Crippen molar-refractivity contribution < 1.29 is 14.6 Å². The van der Waals surface area contributed by atoms with E-state index in [1.54, 1.807) is 6.92 Å². The molecule has 50 valence electrons. The first-order chi connectivity index (χ1) is 3.72. The van der Waals surface area contributed by atoms with Gasteiger partial charge in [-0.25, -0.2) is 4.39 Å². The Morgan fingerprint density at radius 3 is 2.00 bits per heavy atom. The first-order valence-electron chi connectivity index (χ1n) is 2.64. The summed E-state index contributed by atoms with van der Waals surface area (Å²) in [6.45, 7) is 0.818.